The number of aromatic nitrogens is 1. The monoisotopic (exact) mass is 284 g/mol. The van der Waals surface area contributed by atoms with Gasteiger partial charge in [-0.2, -0.15) is 0 Å². The summed E-state index contributed by atoms with van der Waals surface area (Å²) in [6.45, 7) is 5.19. The van der Waals surface area contributed by atoms with Gasteiger partial charge in [0.25, 0.3) is 0 Å². The van der Waals surface area contributed by atoms with E-state index in [0.717, 1.165) is 19.6 Å². The van der Waals surface area contributed by atoms with Crippen molar-refractivity contribution in [2.75, 3.05) is 0 Å². The van der Waals surface area contributed by atoms with E-state index in [1.807, 2.05) is 11.3 Å². The molecule has 0 atom stereocenters. The van der Waals surface area contributed by atoms with Crippen LogP contribution in [0.3, 0.4) is 0 Å². The standard InChI is InChI=1S/C17H20N2S/c1-2-9-19-13-14(16-7-3-4-8-17(16)19)11-18-12-15-6-5-10-20-15/h3-8,10,13,18H,2,9,11-12H2,1H3. The molecule has 0 radical (unpaired) electrons. The van der Waals surface area contributed by atoms with E-state index in [-0.39, 0.29) is 0 Å². The van der Waals surface area contributed by atoms with Crippen LogP contribution in [-0.4, -0.2) is 4.57 Å². The molecule has 104 valence electrons. The molecule has 0 saturated carbocycles. The van der Waals surface area contributed by atoms with Gasteiger partial charge in [-0.1, -0.05) is 31.2 Å². The van der Waals surface area contributed by atoms with E-state index < -0.39 is 0 Å². The van der Waals surface area contributed by atoms with E-state index in [0.29, 0.717) is 0 Å². The zero-order valence-corrected chi connectivity index (χ0v) is 12.6. The number of rotatable bonds is 6. The van der Waals surface area contributed by atoms with Gasteiger partial charge in [0, 0.05) is 41.6 Å². The summed E-state index contributed by atoms with van der Waals surface area (Å²) in [6, 6.07) is 13.0. The highest BCUT2D eigenvalue weighted by atomic mass is 32.1. The number of hydrogen-bond acceptors (Lipinski definition) is 2. The summed E-state index contributed by atoms with van der Waals surface area (Å²) in [5.41, 5.74) is 2.74. The van der Waals surface area contributed by atoms with Crippen LogP contribution >= 0.6 is 11.3 Å². The minimum Gasteiger partial charge on any atom is -0.347 e. The number of fused-ring (bicyclic) bond motifs is 1. The fourth-order valence-electron chi connectivity index (χ4n) is 2.62. The smallest absolute Gasteiger partial charge is 0.0483 e. The summed E-state index contributed by atoms with van der Waals surface area (Å²) in [6.07, 6.45) is 3.47. The molecule has 0 aliphatic heterocycles. The molecular formula is C17H20N2S. The zero-order valence-electron chi connectivity index (χ0n) is 11.8. The van der Waals surface area contributed by atoms with Crippen molar-refractivity contribution in [1.29, 1.82) is 0 Å². The van der Waals surface area contributed by atoms with Crippen molar-refractivity contribution >= 4 is 22.2 Å². The molecule has 0 spiro atoms. The second-order valence-corrected chi connectivity index (χ2v) is 6.08. The third kappa shape index (κ3) is 2.79. The van der Waals surface area contributed by atoms with Gasteiger partial charge in [0.05, 0.1) is 0 Å². The first-order chi connectivity index (χ1) is 9.88. The topological polar surface area (TPSA) is 17.0 Å². The second-order valence-electron chi connectivity index (χ2n) is 5.05. The van der Waals surface area contributed by atoms with Gasteiger partial charge < -0.3 is 9.88 Å². The highest BCUT2D eigenvalue weighted by Crippen LogP contribution is 2.21. The Morgan fingerprint density at radius 1 is 1.10 bits per heavy atom. The van der Waals surface area contributed by atoms with Crippen molar-refractivity contribution in [2.24, 2.45) is 0 Å². The first-order valence-corrected chi connectivity index (χ1v) is 8.06. The predicted molar refractivity (Wildman–Crippen MR) is 87.1 cm³/mol. The lowest BCUT2D eigenvalue weighted by atomic mass is 10.2. The Bertz CT molecular complexity index is 667. The van der Waals surface area contributed by atoms with Gasteiger partial charge in [-0.05, 0) is 29.5 Å². The summed E-state index contributed by atoms with van der Waals surface area (Å²) in [5, 5.41) is 7.05. The lowest BCUT2D eigenvalue weighted by molar-refractivity contribution is 0.681. The molecule has 0 bridgehead atoms. The summed E-state index contributed by atoms with van der Waals surface area (Å²) >= 11 is 1.81. The maximum atomic E-state index is 3.55. The van der Waals surface area contributed by atoms with Crippen LogP contribution in [0.5, 0.6) is 0 Å². The molecular weight excluding hydrogens is 264 g/mol. The maximum Gasteiger partial charge on any atom is 0.0483 e. The van der Waals surface area contributed by atoms with E-state index in [9.17, 15) is 0 Å². The fourth-order valence-corrected chi connectivity index (χ4v) is 3.30. The SMILES string of the molecule is CCCn1cc(CNCc2cccs2)c2ccccc21. The summed E-state index contributed by atoms with van der Waals surface area (Å²) in [4.78, 5) is 1.39. The molecule has 1 aromatic carbocycles. The number of hydrogen-bond donors (Lipinski definition) is 1. The van der Waals surface area contributed by atoms with Gasteiger partial charge in [-0.15, -0.1) is 11.3 Å². The van der Waals surface area contributed by atoms with Crippen LogP contribution in [-0.2, 0) is 19.6 Å². The molecule has 0 unspecified atom stereocenters. The molecule has 3 aromatic rings. The van der Waals surface area contributed by atoms with E-state index in [1.165, 1.54) is 27.8 Å². The van der Waals surface area contributed by atoms with Crippen molar-refractivity contribution in [3.8, 4) is 0 Å². The molecule has 1 N–H and O–H groups in total. The van der Waals surface area contributed by atoms with Crippen molar-refractivity contribution in [1.82, 2.24) is 9.88 Å². The van der Waals surface area contributed by atoms with Gasteiger partial charge in [-0.3, -0.25) is 0 Å². The van der Waals surface area contributed by atoms with Crippen LogP contribution in [0, 0.1) is 0 Å². The molecule has 0 aliphatic carbocycles. The number of thiophene rings is 1. The summed E-state index contributed by atoms with van der Waals surface area (Å²) < 4.78 is 2.37. The number of para-hydroxylation sites is 1. The molecule has 0 amide bonds. The van der Waals surface area contributed by atoms with Gasteiger partial charge in [0.15, 0.2) is 0 Å². The molecule has 0 saturated heterocycles. The predicted octanol–water partition coefficient (Wildman–Crippen LogP) is 4.40. The Hall–Kier alpha value is -1.58. The van der Waals surface area contributed by atoms with Gasteiger partial charge in [-0.25, -0.2) is 0 Å². The zero-order chi connectivity index (χ0) is 13.8. The van der Waals surface area contributed by atoms with E-state index in [4.69, 9.17) is 0 Å². The summed E-state index contributed by atoms with van der Waals surface area (Å²) in [5.74, 6) is 0. The highest BCUT2D eigenvalue weighted by molar-refractivity contribution is 7.09. The average Bonchev–Trinajstić information content (AvgIpc) is 3.09. The minimum absolute atomic E-state index is 0.926. The first kappa shape index (κ1) is 13.4. The maximum absolute atomic E-state index is 3.55. The Labute approximate surface area is 124 Å². The van der Waals surface area contributed by atoms with Crippen molar-refractivity contribution < 1.29 is 0 Å². The first-order valence-electron chi connectivity index (χ1n) is 7.18. The normalized spacial score (nSPS) is 11.2. The molecule has 3 rings (SSSR count). The molecule has 2 nitrogen and oxygen atoms in total. The Morgan fingerprint density at radius 3 is 2.80 bits per heavy atom. The number of nitrogens with zero attached hydrogens (tertiary/aromatic N) is 1. The average molecular weight is 284 g/mol. The van der Waals surface area contributed by atoms with Crippen LogP contribution in [0.25, 0.3) is 10.9 Å². The lowest BCUT2D eigenvalue weighted by Crippen LogP contribution is -2.11. The molecule has 0 fully saturated rings. The van der Waals surface area contributed by atoms with Crippen molar-refractivity contribution in [3.63, 3.8) is 0 Å². The quantitative estimate of drug-likeness (QED) is 0.710. The number of aryl methyl sites for hydroxylation is 1. The van der Waals surface area contributed by atoms with Crippen LogP contribution in [0.4, 0.5) is 0 Å². The Kier molecular flexibility index (Phi) is 4.19. The fraction of sp³-hybridized carbons (Fsp3) is 0.294. The van der Waals surface area contributed by atoms with Crippen LogP contribution in [0.1, 0.15) is 23.8 Å². The molecule has 2 heterocycles. The van der Waals surface area contributed by atoms with Gasteiger partial charge >= 0.3 is 0 Å². The van der Waals surface area contributed by atoms with E-state index in [2.05, 4.69) is 64.8 Å². The molecule has 2 aromatic heterocycles. The minimum atomic E-state index is 0.926. The third-order valence-corrected chi connectivity index (χ3v) is 4.41. The van der Waals surface area contributed by atoms with Crippen LogP contribution in [0.15, 0.2) is 48.0 Å². The van der Waals surface area contributed by atoms with Gasteiger partial charge in [0.1, 0.15) is 0 Å². The lowest BCUT2D eigenvalue weighted by Gasteiger charge is -2.01. The second kappa shape index (κ2) is 6.25. The van der Waals surface area contributed by atoms with Crippen LogP contribution in [0.2, 0.25) is 0 Å². The van der Waals surface area contributed by atoms with E-state index in [1.54, 1.807) is 0 Å². The molecule has 0 aliphatic rings. The van der Waals surface area contributed by atoms with Gasteiger partial charge in [0.2, 0.25) is 0 Å². The van der Waals surface area contributed by atoms with Crippen LogP contribution < -0.4 is 5.32 Å². The Balaban J connectivity index is 1.77. The molecule has 20 heavy (non-hydrogen) atoms. The third-order valence-electron chi connectivity index (χ3n) is 3.53. The largest absolute Gasteiger partial charge is 0.347 e. The van der Waals surface area contributed by atoms with Crippen molar-refractivity contribution in [3.05, 3.63) is 58.4 Å². The Morgan fingerprint density at radius 2 is 2.00 bits per heavy atom. The number of nitrogens with one attached hydrogen (secondary N) is 1. The molecule has 3 heteroatoms. The van der Waals surface area contributed by atoms with E-state index >= 15 is 0 Å². The number of benzene rings is 1. The summed E-state index contributed by atoms with van der Waals surface area (Å²) in [7, 11) is 0. The van der Waals surface area contributed by atoms with Crippen molar-refractivity contribution in [2.45, 2.75) is 33.0 Å². The highest BCUT2D eigenvalue weighted by Gasteiger charge is 2.07.